The lowest BCUT2D eigenvalue weighted by atomic mass is 10.4. The summed E-state index contributed by atoms with van der Waals surface area (Å²) in [5, 5.41) is 0. The van der Waals surface area contributed by atoms with E-state index in [9.17, 15) is 9.59 Å². The highest BCUT2D eigenvalue weighted by molar-refractivity contribution is 5.75. The van der Waals surface area contributed by atoms with Gasteiger partial charge in [-0.05, 0) is 6.42 Å². The first-order valence-electron chi connectivity index (χ1n) is 3.75. The van der Waals surface area contributed by atoms with E-state index in [2.05, 4.69) is 16.4 Å². The van der Waals surface area contributed by atoms with Crippen molar-refractivity contribution >= 4 is 11.9 Å². The van der Waals surface area contributed by atoms with Gasteiger partial charge in [-0.15, -0.1) is 0 Å². The zero-order chi connectivity index (χ0) is 9.40. The monoisotopic (exact) mass is 173 g/mol. The summed E-state index contributed by atoms with van der Waals surface area (Å²) in [6.07, 6.45) is 1.45. The molecule has 0 N–H and O–H groups in total. The molecule has 0 saturated heterocycles. The van der Waals surface area contributed by atoms with E-state index in [1.54, 1.807) is 0 Å². The van der Waals surface area contributed by atoms with Crippen LogP contribution in [0.25, 0.3) is 0 Å². The molecule has 0 aliphatic heterocycles. The molecule has 0 aromatic rings. The Hall–Kier alpha value is -1.06. The first-order valence-corrected chi connectivity index (χ1v) is 3.75. The molecular formula is C8H13O4. The number of carbonyl (C=O) groups excluding carboxylic acids is 2. The Morgan fingerprint density at radius 1 is 1.33 bits per heavy atom. The van der Waals surface area contributed by atoms with Crippen molar-refractivity contribution in [2.45, 2.75) is 19.8 Å². The van der Waals surface area contributed by atoms with Crippen LogP contribution in [0.1, 0.15) is 19.8 Å². The maximum Gasteiger partial charge on any atom is 0.344 e. The van der Waals surface area contributed by atoms with Crippen LogP contribution < -0.4 is 0 Å². The average molecular weight is 173 g/mol. The van der Waals surface area contributed by atoms with Crippen LogP contribution in [-0.2, 0) is 19.1 Å². The normalized spacial score (nSPS) is 9.17. The third-order valence-electron chi connectivity index (χ3n) is 1.05. The van der Waals surface area contributed by atoms with Gasteiger partial charge in [-0.1, -0.05) is 13.3 Å². The first-order chi connectivity index (χ1) is 5.66. The topological polar surface area (TPSA) is 52.6 Å². The molecule has 69 valence electrons. The molecule has 0 spiro atoms. The van der Waals surface area contributed by atoms with Gasteiger partial charge in [0.05, 0.1) is 6.61 Å². The molecule has 4 heteroatoms. The Bertz CT molecular complexity index is 153. The largest absolute Gasteiger partial charge is 0.463 e. The number of ether oxygens (including phenoxy) is 2. The molecule has 0 fully saturated rings. The lowest BCUT2D eigenvalue weighted by Crippen LogP contribution is -2.15. The van der Waals surface area contributed by atoms with Crippen molar-refractivity contribution in [1.82, 2.24) is 0 Å². The van der Waals surface area contributed by atoms with Crippen LogP contribution in [0, 0.1) is 6.92 Å². The van der Waals surface area contributed by atoms with Crippen LogP contribution in [0.5, 0.6) is 0 Å². The van der Waals surface area contributed by atoms with E-state index in [1.807, 2.05) is 0 Å². The lowest BCUT2D eigenvalue weighted by molar-refractivity contribution is -0.157. The average Bonchev–Trinajstić information content (AvgIpc) is 2.01. The molecule has 0 bridgehead atoms. The summed E-state index contributed by atoms with van der Waals surface area (Å²) in [6, 6.07) is 0. The molecule has 0 amide bonds. The van der Waals surface area contributed by atoms with Gasteiger partial charge in [0.1, 0.15) is 0 Å². The molecule has 0 rings (SSSR count). The van der Waals surface area contributed by atoms with Crippen molar-refractivity contribution in [2.24, 2.45) is 0 Å². The van der Waals surface area contributed by atoms with Crippen LogP contribution in [-0.4, -0.2) is 25.2 Å². The minimum atomic E-state index is -0.515. The van der Waals surface area contributed by atoms with Crippen molar-refractivity contribution in [1.29, 1.82) is 0 Å². The summed E-state index contributed by atoms with van der Waals surface area (Å²) in [4.78, 5) is 20.9. The van der Waals surface area contributed by atoms with E-state index in [0.717, 1.165) is 12.8 Å². The number of hydrogen-bond donors (Lipinski definition) is 0. The van der Waals surface area contributed by atoms with Crippen molar-refractivity contribution in [3.05, 3.63) is 6.92 Å². The van der Waals surface area contributed by atoms with Crippen LogP contribution >= 0.6 is 0 Å². The Morgan fingerprint density at radius 3 is 2.50 bits per heavy atom. The Kier molecular flexibility index (Phi) is 6.05. The van der Waals surface area contributed by atoms with Crippen LogP contribution in [0.2, 0.25) is 0 Å². The van der Waals surface area contributed by atoms with Gasteiger partial charge in [-0.2, -0.15) is 0 Å². The summed E-state index contributed by atoms with van der Waals surface area (Å²) in [5.74, 6) is -0.997. The standard InChI is InChI=1S/C8H13O4/c1-3-4-5-11-8(10)6-12-7(2)9/h1,3-6H2,2H3. The van der Waals surface area contributed by atoms with Gasteiger partial charge in [0.15, 0.2) is 6.61 Å². The number of esters is 2. The minimum Gasteiger partial charge on any atom is -0.463 e. The first kappa shape index (κ1) is 10.9. The fourth-order valence-electron chi connectivity index (χ4n) is 0.490. The van der Waals surface area contributed by atoms with E-state index >= 15 is 0 Å². The second kappa shape index (κ2) is 6.64. The molecule has 0 aliphatic rings. The van der Waals surface area contributed by atoms with Crippen LogP contribution in [0.3, 0.4) is 0 Å². The fourth-order valence-corrected chi connectivity index (χ4v) is 0.490. The van der Waals surface area contributed by atoms with Gasteiger partial charge in [0, 0.05) is 6.92 Å². The summed E-state index contributed by atoms with van der Waals surface area (Å²) in [6.45, 7) is 4.86. The molecule has 0 saturated carbocycles. The third kappa shape index (κ3) is 7.05. The summed E-state index contributed by atoms with van der Waals surface area (Å²) in [5.41, 5.74) is 0. The summed E-state index contributed by atoms with van der Waals surface area (Å²) in [7, 11) is 0. The SMILES string of the molecule is [CH2]CCCOC(=O)COC(C)=O. The fraction of sp³-hybridized carbons (Fsp3) is 0.625. The maximum absolute atomic E-state index is 10.7. The molecule has 1 radical (unpaired) electrons. The zero-order valence-corrected chi connectivity index (χ0v) is 7.17. The Balaban J connectivity index is 3.28. The van der Waals surface area contributed by atoms with Gasteiger partial charge in [-0.3, -0.25) is 4.79 Å². The number of hydrogen-bond acceptors (Lipinski definition) is 4. The smallest absolute Gasteiger partial charge is 0.344 e. The van der Waals surface area contributed by atoms with Gasteiger partial charge < -0.3 is 9.47 Å². The number of rotatable bonds is 5. The van der Waals surface area contributed by atoms with Gasteiger partial charge in [0.25, 0.3) is 0 Å². The predicted octanol–water partition coefficient (Wildman–Crippen LogP) is 0.707. The van der Waals surface area contributed by atoms with E-state index < -0.39 is 11.9 Å². The summed E-state index contributed by atoms with van der Waals surface area (Å²) < 4.78 is 9.08. The zero-order valence-electron chi connectivity index (χ0n) is 7.17. The predicted molar refractivity (Wildman–Crippen MR) is 42.2 cm³/mol. The van der Waals surface area contributed by atoms with Crippen LogP contribution in [0.4, 0.5) is 0 Å². The second-order valence-electron chi connectivity index (χ2n) is 2.21. The second-order valence-corrected chi connectivity index (χ2v) is 2.21. The van der Waals surface area contributed by atoms with Crippen molar-refractivity contribution in [3.63, 3.8) is 0 Å². The molecular weight excluding hydrogens is 160 g/mol. The molecule has 0 aliphatic carbocycles. The molecule has 12 heavy (non-hydrogen) atoms. The van der Waals surface area contributed by atoms with E-state index in [1.165, 1.54) is 6.92 Å². The van der Waals surface area contributed by atoms with Crippen molar-refractivity contribution < 1.29 is 19.1 Å². The van der Waals surface area contributed by atoms with E-state index in [-0.39, 0.29) is 6.61 Å². The number of unbranched alkanes of at least 4 members (excludes halogenated alkanes) is 1. The molecule has 0 heterocycles. The van der Waals surface area contributed by atoms with Gasteiger partial charge in [0.2, 0.25) is 0 Å². The van der Waals surface area contributed by atoms with E-state index in [4.69, 9.17) is 0 Å². The van der Waals surface area contributed by atoms with Crippen molar-refractivity contribution in [2.75, 3.05) is 13.2 Å². The molecule has 0 atom stereocenters. The minimum absolute atomic E-state index is 0.299. The van der Waals surface area contributed by atoms with Crippen molar-refractivity contribution in [3.8, 4) is 0 Å². The molecule has 0 aromatic carbocycles. The highest BCUT2D eigenvalue weighted by Gasteiger charge is 2.03. The quantitative estimate of drug-likeness (QED) is 0.453. The summed E-state index contributed by atoms with van der Waals surface area (Å²) >= 11 is 0. The Labute approximate surface area is 71.8 Å². The third-order valence-corrected chi connectivity index (χ3v) is 1.05. The molecule has 0 aromatic heterocycles. The lowest BCUT2D eigenvalue weighted by Gasteiger charge is -2.02. The van der Waals surface area contributed by atoms with Crippen LogP contribution in [0.15, 0.2) is 0 Å². The van der Waals surface area contributed by atoms with Gasteiger partial charge >= 0.3 is 11.9 Å². The highest BCUT2D eigenvalue weighted by atomic mass is 16.6. The number of carbonyl (C=O) groups is 2. The van der Waals surface area contributed by atoms with E-state index in [0.29, 0.717) is 6.61 Å². The Morgan fingerprint density at radius 2 is 2.00 bits per heavy atom. The molecule has 4 nitrogen and oxygen atoms in total. The highest BCUT2D eigenvalue weighted by Crippen LogP contribution is 1.89. The molecule has 0 unspecified atom stereocenters. The van der Waals surface area contributed by atoms with Gasteiger partial charge in [-0.25, -0.2) is 4.79 Å². The maximum atomic E-state index is 10.7.